The van der Waals surface area contributed by atoms with Crippen LogP contribution < -0.4 is 0 Å². The predicted molar refractivity (Wildman–Crippen MR) is 109 cm³/mol. The predicted octanol–water partition coefficient (Wildman–Crippen LogP) is 4.24. The molecule has 3 aromatic carbocycles. The zero-order valence-electron chi connectivity index (χ0n) is 15.7. The van der Waals surface area contributed by atoms with Crippen molar-refractivity contribution in [1.29, 1.82) is 0 Å². The van der Waals surface area contributed by atoms with E-state index in [-0.39, 0.29) is 5.56 Å². The van der Waals surface area contributed by atoms with Crippen molar-refractivity contribution < 1.29 is 19.4 Å². The SMILES string of the molecule is COC(=O)c1ccc2c(c1)nc(-c1ccccc1C(=O)O)n2Cc1ccccc1. The van der Waals surface area contributed by atoms with Crippen LogP contribution in [0.3, 0.4) is 0 Å². The molecule has 0 spiro atoms. The number of fused-ring (bicyclic) bond motifs is 1. The van der Waals surface area contributed by atoms with Gasteiger partial charge in [-0.15, -0.1) is 0 Å². The molecule has 0 saturated carbocycles. The fourth-order valence-electron chi connectivity index (χ4n) is 3.37. The second-order valence-corrected chi connectivity index (χ2v) is 6.55. The van der Waals surface area contributed by atoms with Crippen molar-refractivity contribution in [2.45, 2.75) is 6.54 Å². The van der Waals surface area contributed by atoms with Crippen LogP contribution in [0.4, 0.5) is 0 Å². The highest BCUT2D eigenvalue weighted by Gasteiger charge is 2.19. The van der Waals surface area contributed by atoms with Crippen molar-refractivity contribution in [1.82, 2.24) is 9.55 Å². The van der Waals surface area contributed by atoms with Gasteiger partial charge in [0.2, 0.25) is 0 Å². The number of hydrogen-bond acceptors (Lipinski definition) is 4. The number of nitrogens with zero attached hydrogens (tertiary/aromatic N) is 2. The minimum Gasteiger partial charge on any atom is -0.478 e. The van der Waals surface area contributed by atoms with Gasteiger partial charge in [0, 0.05) is 12.1 Å². The summed E-state index contributed by atoms with van der Waals surface area (Å²) < 4.78 is 6.77. The summed E-state index contributed by atoms with van der Waals surface area (Å²) in [5.41, 5.74) is 3.54. The zero-order chi connectivity index (χ0) is 20.4. The smallest absolute Gasteiger partial charge is 0.337 e. The number of aromatic carboxylic acids is 1. The molecule has 0 aliphatic heterocycles. The van der Waals surface area contributed by atoms with Gasteiger partial charge in [0.1, 0.15) is 5.82 Å². The summed E-state index contributed by atoms with van der Waals surface area (Å²) in [5, 5.41) is 9.63. The third kappa shape index (κ3) is 3.48. The number of carboxylic acid groups (broad SMARTS) is 1. The summed E-state index contributed by atoms with van der Waals surface area (Å²) in [4.78, 5) is 28.4. The first-order valence-electron chi connectivity index (χ1n) is 9.03. The van der Waals surface area contributed by atoms with E-state index >= 15 is 0 Å². The number of imidazole rings is 1. The lowest BCUT2D eigenvalue weighted by molar-refractivity contribution is 0.0600. The Labute approximate surface area is 167 Å². The number of esters is 1. The highest BCUT2D eigenvalue weighted by molar-refractivity contribution is 5.97. The molecule has 1 aromatic heterocycles. The Morgan fingerprint density at radius 1 is 1.00 bits per heavy atom. The Morgan fingerprint density at radius 2 is 1.72 bits per heavy atom. The van der Waals surface area contributed by atoms with Gasteiger partial charge in [-0.2, -0.15) is 0 Å². The monoisotopic (exact) mass is 386 g/mol. The van der Waals surface area contributed by atoms with Gasteiger partial charge in [0.15, 0.2) is 0 Å². The Balaban J connectivity index is 1.95. The molecule has 6 nitrogen and oxygen atoms in total. The molecule has 1 heterocycles. The second kappa shape index (κ2) is 7.59. The lowest BCUT2D eigenvalue weighted by atomic mass is 10.1. The summed E-state index contributed by atoms with van der Waals surface area (Å²) in [5.74, 6) is -0.935. The molecule has 1 N–H and O–H groups in total. The van der Waals surface area contributed by atoms with E-state index in [1.54, 1.807) is 36.4 Å². The number of rotatable bonds is 5. The van der Waals surface area contributed by atoms with Crippen LogP contribution in [0.15, 0.2) is 72.8 Å². The molecule has 0 aliphatic rings. The second-order valence-electron chi connectivity index (χ2n) is 6.55. The molecule has 29 heavy (non-hydrogen) atoms. The van der Waals surface area contributed by atoms with E-state index in [0.29, 0.717) is 29.0 Å². The maximum atomic E-state index is 11.9. The van der Waals surface area contributed by atoms with E-state index < -0.39 is 11.9 Å². The fraction of sp³-hybridized carbons (Fsp3) is 0.0870. The molecule has 0 unspecified atom stereocenters. The van der Waals surface area contributed by atoms with Crippen LogP contribution in [0.1, 0.15) is 26.3 Å². The molecule has 0 atom stereocenters. The average molecular weight is 386 g/mol. The molecule has 0 amide bonds. The summed E-state index contributed by atoms with van der Waals surface area (Å²) in [6.07, 6.45) is 0. The Morgan fingerprint density at radius 3 is 2.45 bits per heavy atom. The minimum atomic E-state index is -1.02. The topological polar surface area (TPSA) is 81.4 Å². The lowest BCUT2D eigenvalue weighted by Gasteiger charge is -2.11. The van der Waals surface area contributed by atoms with Crippen molar-refractivity contribution in [3.8, 4) is 11.4 Å². The third-order valence-electron chi connectivity index (χ3n) is 4.75. The third-order valence-corrected chi connectivity index (χ3v) is 4.75. The van der Waals surface area contributed by atoms with Gasteiger partial charge < -0.3 is 14.4 Å². The quantitative estimate of drug-likeness (QED) is 0.519. The normalized spacial score (nSPS) is 10.8. The summed E-state index contributed by atoms with van der Waals surface area (Å²) in [6.45, 7) is 0.512. The van der Waals surface area contributed by atoms with Crippen LogP contribution in [-0.2, 0) is 11.3 Å². The van der Waals surface area contributed by atoms with Crippen molar-refractivity contribution in [3.05, 3.63) is 89.5 Å². The van der Waals surface area contributed by atoms with E-state index in [1.807, 2.05) is 41.0 Å². The van der Waals surface area contributed by atoms with Crippen LogP contribution in [0, 0.1) is 0 Å². The summed E-state index contributed by atoms with van der Waals surface area (Å²) in [7, 11) is 1.33. The standard InChI is InChI=1S/C23H18N2O4/c1-29-23(28)16-11-12-20-19(13-16)24-21(17-9-5-6-10-18(17)22(26)27)25(20)14-15-7-3-2-4-8-15/h2-13H,14H2,1H3,(H,26,27). The summed E-state index contributed by atoms with van der Waals surface area (Å²) >= 11 is 0. The van der Waals surface area contributed by atoms with Crippen LogP contribution in [0.5, 0.6) is 0 Å². The first-order valence-corrected chi connectivity index (χ1v) is 9.03. The van der Waals surface area contributed by atoms with Crippen molar-refractivity contribution in [2.24, 2.45) is 0 Å². The van der Waals surface area contributed by atoms with Gasteiger partial charge in [-0.3, -0.25) is 0 Å². The van der Waals surface area contributed by atoms with E-state index in [1.165, 1.54) is 7.11 Å². The van der Waals surface area contributed by atoms with E-state index in [2.05, 4.69) is 0 Å². The van der Waals surface area contributed by atoms with Crippen LogP contribution in [0.2, 0.25) is 0 Å². The van der Waals surface area contributed by atoms with Gasteiger partial charge in [0.25, 0.3) is 0 Å². The first kappa shape index (κ1) is 18.4. The van der Waals surface area contributed by atoms with Gasteiger partial charge in [-0.1, -0.05) is 48.5 Å². The lowest BCUT2D eigenvalue weighted by Crippen LogP contribution is -2.06. The number of benzene rings is 3. The van der Waals surface area contributed by atoms with E-state index in [0.717, 1.165) is 11.1 Å². The summed E-state index contributed by atoms with van der Waals surface area (Å²) in [6, 6.07) is 21.8. The van der Waals surface area contributed by atoms with Crippen LogP contribution >= 0.6 is 0 Å². The maximum Gasteiger partial charge on any atom is 0.337 e. The number of carbonyl (C=O) groups is 2. The van der Waals surface area contributed by atoms with Crippen LogP contribution in [-0.4, -0.2) is 33.7 Å². The van der Waals surface area contributed by atoms with Gasteiger partial charge in [0.05, 0.1) is 29.3 Å². The molecule has 0 radical (unpaired) electrons. The fourth-order valence-corrected chi connectivity index (χ4v) is 3.37. The average Bonchev–Trinajstić information content (AvgIpc) is 3.11. The van der Waals surface area contributed by atoms with Crippen molar-refractivity contribution >= 4 is 23.0 Å². The Kier molecular flexibility index (Phi) is 4.83. The van der Waals surface area contributed by atoms with E-state index in [9.17, 15) is 14.7 Å². The molecule has 0 bridgehead atoms. The first-order chi connectivity index (χ1) is 14.1. The van der Waals surface area contributed by atoms with E-state index in [4.69, 9.17) is 9.72 Å². The number of aromatic nitrogens is 2. The number of methoxy groups -OCH3 is 1. The highest BCUT2D eigenvalue weighted by atomic mass is 16.5. The highest BCUT2D eigenvalue weighted by Crippen LogP contribution is 2.29. The molecule has 6 heteroatoms. The molecule has 4 aromatic rings. The van der Waals surface area contributed by atoms with Crippen molar-refractivity contribution in [3.63, 3.8) is 0 Å². The number of hydrogen-bond donors (Lipinski definition) is 1. The van der Waals surface area contributed by atoms with Gasteiger partial charge >= 0.3 is 11.9 Å². The molecule has 0 fully saturated rings. The molecular formula is C23H18N2O4. The molecule has 0 saturated heterocycles. The van der Waals surface area contributed by atoms with Gasteiger partial charge in [-0.25, -0.2) is 14.6 Å². The molecular weight excluding hydrogens is 368 g/mol. The molecule has 144 valence electrons. The molecule has 4 rings (SSSR count). The van der Waals surface area contributed by atoms with Gasteiger partial charge in [-0.05, 0) is 29.8 Å². The zero-order valence-corrected chi connectivity index (χ0v) is 15.7. The van der Waals surface area contributed by atoms with Crippen molar-refractivity contribution in [2.75, 3.05) is 7.11 Å². The number of ether oxygens (including phenoxy) is 1. The maximum absolute atomic E-state index is 11.9. The Bertz CT molecular complexity index is 1210. The molecule has 0 aliphatic carbocycles. The minimum absolute atomic E-state index is 0.172. The number of carboxylic acids is 1. The number of carbonyl (C=O) groups excluding carboxylic acids is 1. The largest absolute Gasteiger partial charge is 0.478 e. The van der Waals surface area contributed by atoms with Crippen LogP contribution in [0.25, 0.3) is 22.4 Å². The Hall–Kier alpha value is -3.93.